The Balaban J connectivity index is 1.37. The van der Waals surface area contributed by atoms with E-state index in [4.69, 9.17) is 4.52 Å². The number of hydrogen-bond donors (Lipinski definition) is 0. The molecule has 1 atom stereocenters. The van der Waals surface area contributed by atoms with E-state index in [2.05, 4.69) is 27.0 Å². The van der Waals surface area contributed by atoms with Crippen LogP contribution in [0, 0.1) is 12.8 Å². The van der Waals surface area contributed by atoms with Crippen LogP contribution < -0.4 is 0 Å². The second-order valence-corrected chi connectivity index (χ2v) is 8.03. The minimum atomic E-state index is 0.0796. The number of likely N-dealkylation sites (N-methyl/N-ethyl adjacent to an activating group) is 1. The quantitative estimate of drug-likeness (QED) is 0.805. The number of carbonyl (C=O) groups excluding carboxylic acids is 1. The van der Waals surface area contributed by atoms with Gasteiger partial charge in [-0.1, -0.05) is 29.4 Å². The molecule has 3 heterocycles. The summed E-state index contributed by atoms with van der Waals surface area (Å²) in [5.41, 5.74) is 2.13. The minimum absolute atomic E-state index is 0.0796. The molecule has 1 aromatic carbocycles. The molecule has 7 nitrogen and oxygen atoms in total. The Morgan fingerprint density at radius 3 is 2.75 bits per heavy atom. The van der Waals surface area contributed by atoms with Crippen LogP contribution in [0.3, 0.4) is 0 Å². The van der Waals surface area contributed by atoms with E-state index < -0.39 is 0 Å². The van der Waals surface area contributed by atoms with Gasteiger partial charge in [0.05, 0.1) is 12.5 Å². The van der Waals surface area contributed by atoms with Crippen LogP contribution in [0.2, 0.25) is 0 Å². The third kappa shape index (κ3) is 4.25. The van der Waals surface area contributed by atoms with Crippen molar-refractivity contribution in [2.24, 2.45) is 5.92 Å². The first-order valence-corrected chi connectivity index (χ1v) is 10.2. The molecule has 2 saturated heterocycles. The van der Waals surface area contributed by atoms with Crippen LogP contribution in [0.25, 0.3) is 11.4 Å². The lowest BCUT2D eigenvalue weighted by Gasteiger charge is -2.37. The molecule has 0 aliphatic carbocycles. The molecule has 0 spiro atoms. The topological polar surface area (TPSA) is 65.7 Å². The molecule has 4 rings (SSSR count). The van der Waals surface area contributed by atoms with Crippen molar-refractivity contribution in [2.75, 3.05) is 46.3 Å². The van der Waals surface area contributed by atoms with Crippen LogP contribution in [-0.2, 0) is 11.3 Å². The van der Waals surface area contributed by atoms with Crippen molar-refractivity contribution in [2.45, 2.75) is 26.3 Å². The number of aromatic nitrogens is 2. The first-order valence-electron chi connectivity index (χ1n) is 10.2. The lowest BCUT2D eigenvalue weighted by molar-refractivity contribution is -0.139. The lowest BCUT2D eigenvalue weighted by atomic mass is 9.96. The Labute approximate surface area is 166 Å². The Kier molecular flexibility index (Phi) is 5.73. The SMILES string of the molecule is Cc1ccccc1-c1noc(CN2CCCC(C(=O)N3CCN(C)CC3)C2)n1. The van der Waals surface area contributed by atoms with Crippen LogP contribution in [0.5, 0.6) is 0 Å². The zero-order valence-electron chi connectivity index (χ0n) is 16.8. The molecule has 0 radical (unpaired) electrons. The molecule has 28 heavy (non-hydrogen) atoms. The summed E-state index contributed by atoms with van der Waals surface area (Å²) in [6.45, 7) is 8.00. The molecular weight excluding hydrogens is 354 g/mol. The summed E-state index contributed by atoms with van der Waals surface area (Å²) < 4.78 is 5.50. The van der Waals surface area contributed by atoms with Gasteiger partial charge in [0.2, 0.25) is 17.6 Å². The molecule has 0 saturated carbocycles. The van der Waals surface area contributed by atoms with Crippen molar-refractivity contribution in [3.05, 3.63) is 35.7 Å². The highest BCUT2D eigenvalue weighted by atomic mass is 16.5. The van der Waals surface area contributed by atoms with E-state index >= 15 is 0 Å². The van der Waals surface area contributed by atoms with Crippen molar-refractivity contribution in [1.82, 2.24) is 24.8 Å². The molecule has 2 fully saturated rings. The van der Waals surface area contributed by atoms with E-state index in [0.29, 0.717) is 24.2 Å². The number of amides is 1. The fraction of sp³-hybridized carbons (Fsp3) is 0.571. The van der Waals surface area contributed by atoms with E-state index in [1.54, 1.807) is 0 Å². The van der Waals surface area contributed by atoms with Crippen LogP contribution in [0.1, 0.15) is 24.3 Å². The van der Waals surface area contributed by atoms with Gasteiger partial charge in [0.15, 0.2) is 0 Å². The van der Waals surface area contributed by atoms with Crippen molar-refractivity contribution in [3.63, 3.8) is 0 Å². The summed E-state index contributed by atoms with van der Waals surface area (Å²) >= 11 is 0. The van der Waals surface area contributed by atoms with Crippen LogP contribution in [0.4, 0.5) is 0 Å². The van der Waals surface area contributed by atoms with E-state index in [9.17, 15) is 4.79 Å². The van der Waals surface area contributed by atoms with Gasteiger partial charge in [-0.05, 0) is 38.9 Å². The predicted molar refractivity (Wildman–Crippen MR) is 107 cm³/mol. The first kappa shape index (κ1) is 19.1. The van der Waals surface area contributed by atoms with Gasteiger partial charge in [-0.3, -0.25) is 9.69 Å². The third-order valence-corrected chi connectivity index (χ3v) is 5.88. The van der Waals surface area contributed by atoms with Gasteiger partial charge in [-0.15, -0.1) is 0 Å². The van der Waals surface area contributed by atoms with Crippen LogP contribution in [-0.4, -0.2) is 77.1 Å². The molecular formula is C21H29N5O2. The fourth-order valence-corrected chi connectivity index (χ4v) is 4.13. The number of rotatable bonds is 4. The Hall–Kier alpha value is -2.25. The number of likely N-dealkylation sites (tertiary alicyclic amines) is 1. The monoisotopic (exact) mass is 383 g/mol. The van der Waals surface area contributed by atoms with E-state index in [-0.39, 0.29) is 5.92 Å². The average molecular weight is 383 g/mol. The smallest absolute Gasteiger partial charge is 0.241 e. The summed E-state index contributed by atoms with van der Waals surface area (Å²) in [4.78, 5) is 24.1. The fourth-order valence-electron chi connectivity index (χ4n) is 4.13. The van der Waals surface area contributed by atoms with Gasteiger partial charge in [0, 0.05) is 38.3 Å². The van der Waals surface area contributed by atoms with Crippen molar-refractivity contribution < 1.29 is 9.32 Å². The number of hydrogen-bond acceptors (Lipinski definition) is 6. The molecule has 2 aliphatic heterocycles. The number of piperazine rings is 1. The Morgan fingerprint density at radius 2 is 1.96 bits per heavy atom. The number of piperidine rings is 1. The summed E-state index contributed by atoms with van der Waals surface area (Å²) in [6, 6.07) is 8.04. The van der Waals surface area contributed by atoms with E-state index in [1.807, 2.05) is 36.1 Å². The largest absolute Gasteiger partial charge is 0.340 e. The summed E-state index contributed by atoms with van der Waals surface area (Å²) in [5, 5.41) is 4.15. The van der Waals surface area contributed by atoms with Gasteiger partial charge < -0.3 is 14.3 Å². The first-order chi connectivity index (χ1) is 13.6. The van der Waals surface area contributed by atoms with Gasteiger partial charge in [0.1, 0.15) is 0 Å². The minimum Gasteiger partial charge on any atom is -0.340 e. The lowest BCUT2D eigenvalue weighted by Crippen LogP contribution is -2.51. The highest BCUT2D eigenvalue weighted by Crippen LogP contribution is 2.23. The van der Waals surface area contributed by atoms with Gasteiger partial charge >= 0.3 is 0 Å². The molecule has 0 bridgehead atoms. The summed E-state index contributed by atoms with van der Waals surface area (Å²) in [7, 11) is 2.11. The number of nitrogens with zero attached hydrogens (tertiary/aromatic N) is 5. The highest BCUT2D eigenvalue weighted by molar-refractivity contribution is 5.79. The second kappa shape index (κ2) is 8.41. The van der Waals surface area contributed by atoms with Crippen molar-refractivity contribution in [1.29, 1.82) is 0 Å². The molecule has 2 aromatic rings. The number of benzene rings is 1. The van der Waals surface area contributed by atoms with Gasteiger partial charge in [-0.25, -0.2) is 0 Å². The summed E-state index contributed by atoms with van der Waals surface area (Å²) in [5.74, 6) is 1.64. The molecule has 1 aromatic heterocycles. The maximum absolute atomic E-state index is 12.9. The second-order valence-electron chi connectivity index (χ2n) is 8.03. The van der Waals surface area contributed by atoms with Gasteiger partial charge in [-0.2, -0.15) is 4.98 Å². The zero-order chi connectivity index (χ0) is 19.5. The average Bonchev–Trinajstić information content (AvgIpc) is 3.17. The normalized spacial score (nSPS) is 21.8. The highest BCUT2D eigenvalue weighted by Gasteiger charge is 2.31. The standard InChI is InChI=1S/C21H29N5O2/c1-16-6-3-4-8-18(16)20-22-19(28-23-20)15-25-9-5-7-17(14-25)21(27)26-12-10-24(2)11-13-26/h3-4,6,8,17H,5,7,9-15H2,1-2H3. The van der Waals surface area contributed by atoms with Crippen molar-refractivity contribution >= 4 is 5.91 Å². The summed E-state index contributed by atoms with van der Waals surface area (Å²) in [6.07, 6.45) is 2.00. The molecule has 7 heteroatoms. The number of aryl methyl sites for hydroxylation is 1. The zero-order valence-corrected chi connectivity index (χ0v) is 16.8. The number of carbonyl (C=O) groups is 1. The van der Waals surface area contributed by atoms with Gasteiger partial charge in [0.25, 0.3) is 0 Å². The molecule has 1 unspecified atom stereocenters. The Bertz CT molecular complexity index is 813. The molecule has 150 valence electrons. The van der Waals surface area contributed by atoms with Crippen LogP contribution in [0.15, 0.2) is 28.8 Å². The Morgan fingerprint density at radius 1 is 1.18 bits per heavy atom. The van der Waals surface area contributed by atoms with E-state index in [1.165, 1.54) is 0 Å². The molecule has 1 amide bonds. The molecule has 2 aliphatic rings. The maximum atomic E-state index is 12.9. The molecule has 0 N–H and O–H groups in total. The third-order valence-electron chi connectivity index (χ3n) is 5.88. The van der Waals surface area contributed by atoms with E-state index in [0.717, 1.165) is 63.2 Å². The predicted octanol–water partition coefficient (Wildman–Crippen LogP) is 2.03. The maximum Gasteiger partial charge on any atom is 0.241 e. The van der Waals surface area contributed by atoms with Crippen molar-refractivity contribution in [3.8, 4) is 11.4 Å². The van der Waals surface area contributed by atoms with Crippen LogP contribution >= 0.6 is 0 Å².